The Hall–Kier alpha value is -2.47. The number of carbonyl (C=O) groups is 1. The molecule has 2 aromatic rings. The first kappa shape index (κ1) is 15.4. The van der Waals surface area contributed by atoms with Gasteiger partial charge in [0.1, 0.15) is 0 Å². The van der Waals surface area contributed by atoms with E-state index < -0.39 is 0 Å². The van der Waals surface area contributed by atoms with Crippen LogP contribution in [0.25, 0.3) is 0 Å². The van der Waals surface area contributed by atoms with Crippen molar-refractivity contribution >= 4 is 17.5 Å². The third-order valence-electron chi connectivity index (χ3n) is 3.66. The summed E-state index contributed by atoms with van der Waals surface area (Å²) >= 11 is 0. The number of hydrogen-bond donors (Lipinski definition) is 1. The molecule has 6 nitrogen and oxygen atoms in total. The Morgan fingerprint density at radius 2 is 2.00 bits per heavy atom. The highest BCUT2D eigenvalue weighted by Crippen LogP contribution is 2.12. The molecule has 0 aliphatic carbocycles. The molecule has 3 rings (SSSR count). The number of rotatable bonds is 4. The van der Waals surface area contributed by atoms with Crippen LogP contribution in [0.5, 0.6) is 0 Å². The van der Waals surface area contributed by atoms with E-state index in [2.05, 4.69) is 20.2 Å². The van der Waals surface area contributed by atoms with Gasteiger partial charge in [-0.25, -0.2) is 9.97 Å². The zero-order valence-corrected chi connectivity index (χ0v) is 13.2. The van der Waals surface area contributed by atoms with Gasteiger partial charge in [0.2, 0.25) is 11.9 Å². The maximum Gasteiger partial charge on any atom is 0.228 e. The summed E-state index contributed by atoms with van der Waals surface area (Å²) in [7, 11) is 0. The highest BCUT2D eigenvalue weighted by Gasteiger charge is 2.13. The van der Waals surface area contributed by atoms with Crippen molar-refractivity contribution in [1.82, 2.24) is 9.97 Å². The van der Waals surface area contributed by atoms with Crippen LogP contribution >= 0.6 is 0 Å². The highest BCUT2D eigenvalue weighted by molar-refractivity contribution is 5.92. The number of aromatic nitrogens is 2. The van der Waals surface area contributed by atoms with E-state index >= 15 is 0 Å². The first-order valence-electron chi connectivity index (χ1n) is 7.71. The fraction of sp³-hybridized carbons (Fsp3) is 0.353. The number of morpholine rings is 1. The zero-order chi connectivity index (χ0) is 16.1. The average molecular weight is 312 g/mol. The van der Waals surface area contributed by atoms with Crippen molar-refractivity contribution in [2.24, 2.45) is 0 Å². The second kappa shape index (κ2) is 7.19. The van der Waals surface area contributed by atoms with Gasteiger partial charge in [-0.15, -0.1) is 0 Å². The van der Waals surface area contributed by atoms with Crippen molar-refractivity contribution in [3.63, 3.8) is 0 Å². The van der Waals surface area contributed by atoms with E-state index in [9.17, 15) is 4.79 Å². The normalized spacial score (nSPS) is 14.6. The molecule has 0 bridgehead atoms. The average Bonchev–Trinajstić information content (AvgIpc) is 2.56. The molecule has 1 fully saturated rings. The molecular weight excluding hydrogens is 292 g/mol. The third kappa shape index (κ3) is 4.26. The largest absolute Gasteiger partial charge is 0.378 e. The zero-order valence-electron chi connectivity index (χ0n) is 13.2. The summed E-state index contributed by atoms with van der Waals surface area (Å²) in [4.78, 5) is 22.8. The number of aryl methyl sites for hydroxylation is 1. The summed E-state index contributed by atoms with van der Waals surface area (Å²) in [6, 6.07) is 7.93. The van der Waals surface area contributed by atoms with E-state index in [0.717, 1.165) is 24.2 Å². The molecule has 23 heavy (non-hydrogen) atoms. The molecule has 1 aliphatic heterocycles. The Balaban J connectivity index is 1.58. The van der Waals surface area contributed by atoms with Crippen LogP contribution in [0.1, 0.15) is 11.1 Å². The van der Waals surface area contributed by atoms with Crippen LogP contribution < -0.4 is 10.2 Å². The number of benzene rings is 1. The summed E-state index contributed by atoms with van der Waals surface area (Å²) in [5.74, 6) is 0.600. The van der Waals surface area contributed by atoms with Gasteiger partial charge in [-0.2, -0.15) is 0 Å². The van der Waals surface area contributed by atoms with E-state index in [1.807, 2.05) is 31.2 Å². The van der Waals surface area contributed by atoms with E-state index in [-0.39, 0.29) is 5.91 Å². The van der Waals surface area contributed by atoms with E-state index in [1.54, 1.807) is 12.4 Å². The number of carbonyl (C=O) groups excluding carboxylic acids is 1. The lowest BCUT2D eigenvalue weighted by atomic mass is 10.1. The lowest BCUT2D eigenvalue weighted by Crippen LogP contribution is -2.37. The van der Waals surface area contributed by atoms with Crippen LogP contribution in [0.4, 0.5) is 11.6 Å². The molecule has 0 spiro atoms. The lowest BCUT2D eigenvalue weighted by molar-refractivity contribution is -0.115. The van der Waals surface area contributed by atoms with Crippen molar-refractivity contribution in [3.05, 3.63) is 47.8 Å². The molecule has 6 heteroatoms. The number of ether oxygens (including phenoxy) is 1. The fourth-order valence-electron chi connectivity index (χ4n) is 2.53. The maximum absolute atomic E-state index is 12.1. The molecule has 1 amide bonds. The first-order chi connectivity index (χ1) is 11.2. The molecule has 120 valence electrons. The molecular formula is C17H20N4O2. The molecule has 2 heterocycles. The van der Waals surface area contributed by atoms with Gasteiger partial charge in [-0.05, 0) is 12.5 Å². The minimum atomic E-state index is -0.0710. The van der Waals surface area contributed by atoms with Crippen LogP contribution in [0.3, 0.4) is 0 Å². The van der Waals surface area contributed by atoms with Gasteiger partial charge in [0.25, 0.3) is 0 Å². The third-order valence-corrected chi connectivity index (χ3v) is 3.66. The topological polar surface area (TPSA) is 67.4 Å². The van der Waals surface area contributed by atoms with Crippen LogP contribution in [0.15, 0.2) is 36.7 Å². The van der Waals surface area contributed by atoms with Crippen molar-refractivity contribution in [2.45, 2.75) is 13.3 Å². The Morgan fingerprint density at radius 1 is 1.26 bits per heavy atom. The Kier molecular flexibility index (Phi) is 4.83. The van der Waals surface area contributed by atoms with Crippen LogP contribution in [-0.2, 0) is 16.0 Å². The quantitative estimate of drug-likeness (QED) is 0.932. The summed E-state index contributed by atoms with van der Waals surface area (Å²) in [6.45, 7) is 4.98. The Morgan fingerprint density at radius 3 is 2.70 bits per heavy atom. The van der Waals surface area contributed by atoms with Crippen LogP contribution in [0.2, 0.25) is 0 Å². The van der Waals surface area contributed by atoms with Crippen LogP contribution in [0, 0.1) is 6.92 Å². The predicted octanol–water partition coefficient (Wildman–Crippen LogP) is 1.80. The summed E-state index contributed by atoms with van der Waals surface area (Å²) < 4.78 is 5.31. The van der Waals surface area contributed by atoms with E-state index in [4.69, 9.17) is 4.74 Å². The Bertz CT molecular complexity index is 667. The van der Waals surface area contributed by atoms with Gasteiger partial charge in [0.15, 0.2) is 0 Å². The minimum absolute atomic E-state index is 0.0710. The van der Waals surface area contributed by atoms with Crippen molar-refractivity contribution in [1.29, 1.82) is 0 Å². The van der Waals surface area contributed by atoms with E-state index in [0.29, 0.717) is 31.3 Å². The Labute approximate surface area is 135 Å². The summed E-state index contributed by atoms with van der Waals surface area (Å²) in [5, 5.41) is 2.83. The highest BCUT2D eigenvalue weighted by atomic mass is 16.5. The number of hydrogen-bond acceptors (Lipinski definition) is 5. The maximum atomic E-state index is 12.1. The lowest BCUT2D eigenvalue weighted by Gasteiger charge is -2.26. The number of nitrogens with zero attached hydrogens (tertiary/aromatic N) is 3. The van der Waals surface area contributed by atoms with Gasteiger partial charge < -0.3 is 15.0 Å². The van der Waals surface area contributed by atoms with Gasteiger partial charge in [-0.3, -0.25) is 4.79 Å². The molecule has 1 aromatic heterocycles. The summed E-state index contributed by atoms with van der Waals surface area (Å²) in [6.07, 6.45) is 3.63. The predicted molar refractivity (Wildman–Crippen MR) is 88.6 cm³/mol. The molecule has 1 N–H and O–H groups in total. The van der Waals surface area contributed by atoms with Crippen LogP contribution in [-0.4, -0.2) is 42.2 Å². The molecule has 1 saturated heterocycles. The van der Waals surface area contributed by atoms with Gasteiger partial charge in [0.05, 0.1) is 37.7 Å². The fourth-order valence-corrected chi connectivity index (χ4v) is 2.53. The summed E-state index contributed by atoms with van der Waals surface area (Å²) in [5.41, 5.74) is 2.75. The standard InChI is InChI=1S/C17H20N4O2/c1-13-3-2-4-14(9-13)10-16(22)20-15-11-18-17(19-12-15)21-5-7-23-8-6-21/h2-4,9,11-12H,5-8,10H2,1H3,(H,20,22). The molecule has 1 aromatic carbocycles. The molecule has 0 radical (unpaired) electrons. The SMILES string of the molecule is Cc1cccc(CC(=O)Nc2cnc(N3CCOCC3)nc2)c1. The number of anilines is 2. The van der Waals surface area contributed by atoms with Gasteiger partial charge in [0, 0.05) is 13.1 Å². The number of nitrogens with one attached hydrogen (secondary N) is 1. The van der Waals surface area contributed by atoms with E-state index in [1.165, 1.54) is 0 Å². The molecule has 0 unspecified atom stereocenters. The first-order valence-corrected chi connectivity index (χ1v) is 7.71. The number of amides is 1. The minimum Gasteiger partial charge on any atom is -0.378 e. The van der Waals surface area contributed by atoms with Crippen molar-refractivity contribution < 1.29 is 9.53 Å². The molecule has 0 atom stereocenters. The smallest absolute Gasteiger partial charge is 0.228 e. The monoisotopic (exact) mass is 312 g/mol. The second-order valence-electron chi connectivity index (χ2n) is 5.59. The van der Waals surface area contributed by atoms with Gasteiger partial charge in [-0.1, -0.05) is 29.8 Å². The second-order valence-corrected chi connectivity index (χ2v) is 5.59. The molecule has 1 aliphatic rings. The van der Waals surface area contributed by atoms with Gasteiger partial charge >= 0.3 is 0 Å². The van der Waals surface area contributed by atoms with Crippen molar-refractivity contribution in [2.75, 3.05) is 36.5 Å². The van der Waals surface area contributed by atoms with Crippen molar-refractivity contribution in [3.8, 4) is 0 Å². The molecule has 0 saturated carbocycles.